The average molecular weight is 274 g/mol. The zero-order valence-electron chi connectivity index (χ0n) is 13.5. The zero-order chi connectivity index (χ0) is 14.0. The Morgan fingerprint density at radius 3 is 2.25 bits per heavy atom. The van der Waals surface area contributed by atoms with E-state index >= 15 is 0 Å². The molecule has 0 nitrogen and oxygen atoms in total. The smallest absolute Gasteiger partial charge is 0.0259 e. The van der Waals surface area contributed by atoms with Crippen molar-refractivity contribution in [2.24, 2.45) is 17.8 Å². The second-order valence-corrected chi connectivity index (χ2v) is 7.23. The lowest BCUT2D eigenvalue weighted by atomic mass is 9.84. The summed E-state index contributed by atoms with van der Waals surface area (Å²) in [6.45, 7) is 2.42. The second-order valence-electron chi connectivity index (χ2n) is 7.23. The molecule has 0 heterocycles. The van der Waals surface area contributed by atoms with Gasteiger partial charge in [0.25, 0.3) is 0 Å². The third-order valence-corrected chi connectivity index (χ3v) is 5.21. The van der Waals surface area contributed by atoms with Crippen LogP contribution in [-0.4, -0.2) is 0 Å². The molecule has 2 atom stereocenters. The molecule has 2 aliphatic carbocycles. The Morgan fingerprint density at radius 1 is 0.750 bits per heavy atom. The fourth-order valence-corrected chi connectivity index (χ4v) is 4.07. The van der Waals surface area contributed by atoms with E-state index in [0.29, 0.717) is 0 Å². The van der Waals surface area contributed by atoms with Crippen molar-refractivity contribution >= 4 is 0 Å². The first-order chi connectivity index (χ1) is 9.84. The Labute approximate surface area is 126 Å². The molecule has 0 bridgehead atoms. The maximum Gasteiger partial charge on any atom is -0.0259 e. The molecule has 0 N–H and O–H groups in total. The van der Waals surface area contributed by atoms with Gasteiger partial charge in [-0.1, -0.05) is 56.9 Å². The topological polar surface area (TPSA) is 0 Å². The van der Waals surface area contributed by atoms with Crippen LogP contribution in [0.4, 0.5) is 0 Å². The van der Waals surface area contributed by atoms with Gasteiger partial charge in [0.05, 0.1) is 0 Å². The van der Waals surface area contributed by atoms with Gasteiger partial charge >= 0.3 is 0 Å². The summed E-state index contributed by atoms with van der Waals surface area (Å²) < 4.78 is 0. The molecule has 2 aliphatic rings. The van der Waals surface area contributed by atoms with Crippen molar-refractivity contribution in [3.05, 3.63) is 24.3 Å². The normalized spacial score (nSPS) is 33.9. The third kappa shape index (κ3) is 6.29. The van der Waals surface area contributed by atoms with Gasteiger partial charge < -0.3 is 0 Å². The number of hydrogen-bond acceptors (Lipinski definition) is 0. The van der Waals surface area contributed by atoms with E-state index in [-0.39, 0.29) is 0 Å². The summed E-state index contributed by atoms with van der Waals surface area (Å²) in [5.41, 5.74) is 0. The van der Waals surface area contributed by atoms with Crippen LogP contribution in [0, 0.1) is 17.8 Å². The van der Waals surface area contributed by atoms with Crippen molar-refractivity contribution in [1.29, 1.82) is 0 Å². The van der Waals surface area contributed by atoms with Crippen LogP contribution in [0.2, 0.25) is 0 Å². The van der Waals surface area contributed by atoms with Crippen molar-refractivity contribution in [1.82, 2.24) is 0 Å². The number of hydrogen-bond donors (Lipinski definition) is 0. The summed E-state index contributed by atoms with van der Waals surface area (Å²) in [5, 5.41) is 0. The van der Waals surface area contributed by atoms with Crippen LogP contribution in [0.25, 0.3) is 0 Å². The minimum atomic E-state index is 0.783. The van der Waals surface area contributed by atoms with Crippen LogP contribution < -0.4 is 0 Å². The standard InChI is InChI=1S/C20H34/c1-18-12-8-6-4-2-3-5-7-9-15-20(16-18)17-19-13-10-11-14-19/h5,7-8,12,18-20H,2-4,6,9-11,13-17H2,1H3/b7-5-,12-8-. The highest BCUT2D eigenvalue weighted by Crippen LogP contribution is 2.34. The van der Waals surface area contributed by atoms with Crippen LogP contribution in [0.5, 0.6) is 0 Å². The highest BCUT2D eigenvalue weighted by atomic mass is 14.3. The fraction of sp³-hybridized carbons (Fsp3) is 0.800. The molecule has 1 fully saturated rings. The molecule has 0 radical (unpaired) electrons. The van der Waals surface area contributed by atoms with Crippen molar-refractivity contribution in [3.8, 4) is 0 Å². The minimum Gasteiger partial charge on any atom is -0.0885 e. The monoisotopic (exact) mass is 274 g/mol. The first-order valence-corrected chi connectivity index (χ1v) is 9.16. The SMILES string of the molecule is CC1/C=C\CCCC/C=C\CCC(CC2CCCC2)C1. The fourth-order valence-electron chi connectivity index (χ4n) is 4.07. The van der Waals surface area contributed by atoms with Gasteiger partial charge in [-0.25, -0.2) is 0 Å². The predicted octanol–water partition coefficient (Wildman–Crippen LogP) is 6.68. The van der Waals surface area contributed by atoms with Crippen LogP contribution in [0.3, 0.4) is 0 Å². The Balaban J connectivity index is 1.86. The molecule has 0 amide bonds. The quantitative estimate of drug-likeness (QED) is 0.493. The van der Waals surface area contributed by atoms with Crippen LogP contribution in [0.1, 0.15) is 84.0 Å². The molecular weight excluding hydrogens is 240 g/mol. The molecule has 2 unspecified atom stereocenters. The molecule has 0 saturated heterocycles. The predicted molar refractivity (Wildman–Crippen MR) is 89.8 cm³/mol. The highest BCUT2D eigenvalue weighted by Gasteiger charge is 2.20. The summed E-state index contributed by atoms with van der Waals surface area (Å²) in [6, 6.07) is 0. The van der Waals surface area contributed by atoms with E-state index in [1.165, 1.54) is 77.0 Å². The molecule has 0 spiro atoms. The van der Waals surface area contributed by atoms with E-state index in [4.69, 9.17) is 0 Å². The maximum atomic E-state index is 2.49. The summed E-state index contributed by atoms with van der Waals surface area (Å²) in [5.74, 6) is 2.80. The van der Waals surface area contributed by atoms with Gasteiger partial charge in [0.1, 0.15) is 0 Å². The van der Waals surface area contributed by atoms with Gasteiger partial charge in [-0.05, 0) is 69.1 Å². The van der Waals surface area contributed by atoms with Gasteiger partial charge in [-0.2, -0.15) is 0 Å². The van der Waals surface area contributed by atoms with E-state index in [2.05, 4.69) is 31.2 Å². The van der Waals surface area contributed by atoms with Crippen LogP contribution >= 0.6 is 0 Å². The Bertz CT molecular complexity index is 293. The van der Waals surface area contributed by atoms with E-state index in [1.54, 1.807) is 0 Å². The number of allylic oxidation sites excluding steroid dienone is 4. The Kier molecular flexibility index (Phi) is 7.47. The van der Waals surface area contributed by atoms with Gasteiger partial charge in [0.15, 0.2) is 0 Å². The van der Waals surface area contributed by atoms with Crippen molar-refractivity contribution in [2.75, 3.05) is 0 Å². The summed E-state index contributed by atoms with van der Waals surface area (Å²) in [4.78, 5) is 0. The number of rotatable bonds is 2. The molecule has 0 aromatic heterocycles. The van der Waals surface area contributed by atoms with Crippen LogP contribution in [0.15, 0.2) is 24.3 Å². The minimum absolute atomic E-state index is 0.783. The van der Waals surface area contributed by atoms with Gasteiger partial charge in [-0.15, -0.1) is 0 Å². The van der Waals surface area contributed by atoms with E-state index in [0.717, 1.165) is 17.8 Å². The van der Waals surface area contributed by atoms with Crippen LogP contribution in [-0.2, 0) is 0 Å². The van der Waals surface area contributed by atoms with Crippen molar-refractivity contribution in [2.45, 2.75) is 84.0 Å². The third-order valence-electron chi connectivity index (χ3n) is 5.21. The van der Waals surface area contributed by atoms with E-state index in [9.17, 15) is 0 Å². The first-order valence-electron chi connectivity index (χ1n) is 9.16. The molecule has 2 rings (SSSR count). The summed E-state index contributed by atoms with van der Waals surface area (Å²) in [7, 11) is 0. The molecule has 0 aromatic rings. The Hall–Kier alpha value is -0.520. The lowest BCUT2D eigenvalue weighted by molar-refractivity contribution is 0.318. The summed E-state index contributed by atoms with van der Waals surface area (Å²) >= 11 is 0. The lowest BCUT2D eigenvalue weighted by Gasteiger charge is -2.22. The molecule has 114 valence electrons. The van der Waals surface area contributed by atoms with Crippen molar-refractivity contribution in [3.63, 3.8) is 0 Å². The van der Waals surface area contributed by atoms with Crippen molar-refractivity contribution < 1.29 is 0 Å². The molecule has 20 heavy (non-hydrogen) atoms. The second kappa shape index (κ2) is 9.42. The molecule has 0 heteroatoms. The van der Waals surface area contributed by atoms with Gasteiger partial charge in [0.2, 0.25) is 0 Å². The lowest BCUT2D eigenvalue weighted by Crippen LogP contribution is -2.10. The van der Waals surface area contributed by atoms with E-state index < -0.39 is 0 Å². The van der Waals surface area contributed by atoms with Gasteiger partial charge in [0, 0.05) is 0 Å². The maximum absolute atomic E-state index is 2.49. The zero-order valence-corrected chi connectivity index (χ0v) is 13.5. The molecule has 0 aromatic carbocycles. The largest absolute Gasteiger partial charge is 0.0885 e. The molecule has 0 aliphatic heterocycles. The van der Waals surface area contributed by atoms with Gasteiger partial charge in [-0.3, -0.25) is 0 Å². The highest BCUT2D eigenvalue weighted by molar-refractivity contribution is 4.90. The Morgan fingerprint density at radius 2 is 1.45 bits per heavy atom. The first kappa shape index (κ1) is 15.9. The average Bonchev–Trinajstić information content (AvgIpc) is 2.93. The van der Waals surface area contributed by atoms with E-state index in [1.807, 2.05) is 0 Å². The summed E-state index contributed by atoms with van der Waals surface area (Å²) in [6.07, 6.45) is 26.8. The molecule has 1 saturated carbocycles. The molecular formula is C20H34.